The first kappa shape index (κ1) is 19.6. The van der Waals surface area contributed by atoms with E-state index in [1.807, 2.05) is 19.9 Å². The molecule has 138 valence electrons. The van der Waals surface area contributed by atoms with Crippen molar-refractivity contribution in [3.05, 3.63) is 70.5 Å². The Morgan fingerprint density at radius 1 is 0.962 bits per heavy atom. The molecule has 2 aromatic carbocycles. The van der Waals surface area contributed by atoms with Crippen LogP contribution >= 0.6 is 0 Å². The van der Waals surface area contributed by atoms with Crippen molar-refractivity contribution in [2.45, 2.75) is 33.1 Å². The second-order valence-corrected chi connectivity index (χ2v) is 6.44. The van der Waals surface area contributed by atoms with Crippen LogP contribution in [0.1, 0.15) is 28.7 Å². The van der Waals surface area contributed by atoms with Gasteiger partial charge in [0.25, 0.3) is 0 Å². The average Bonchev–Trinajstić information content (AvgIpc) is 2.58. The molecule has 0 fully saturated rings. The van der Waals surface area contributed by atoms with Crippen LogP contribution < -0.4 is 10.6 Å². The Balaban J connectivity index is 1.63. The number of carbonyl (C=O) groups excluding carboxylic acids is 2. The Hall–Kier alpha value is -2.69. The molecule has 0 heterocycles. The highest BCUT2D eigenvalue weighted by atomic mass is 19.1. The first-order chi connectivity index (χ1) is 12.4. The number of amides is 2. The molecule has 2 N–H and O–H groups in total. The van der Waals surface area contributed by atoms with Gasteiger partial charge in [-0.15, -0.1) is 0 Å². The van der Waals surface area contributed by atoms with Gasteiger partial charge in [0.2, 0.25) is 11.8 Å². The van der Waals surface area contributed by atoms with Crippen LogP contribution in [0.3, 0.4) is 0 Å². The summed E-state index contributed by atoms with van der Waals surface area (Å²) in [7, 11) is 0. The number of nitrogens with one attached hydrogen (secondary N) is 2. The molecule has 0 atom stereocenters. The second-order valence-electron chi connectivity index (χ2n) is 6.44. The summed E-state index contributed by atoms with van der Waals surface area (Å²) in [6, 6.07) is 12.2. The van der Waals surface area contributed by atoms with Gasteiger partial charge in [0, 0.05) is 19.5 Å². The first-order valence-corrected chi connectivity index (χ1v) is 8.78. The maximum atomic E-state index is 13.1. The molecule has 0 spiro atoms. The minimum atomic E-state index is -0.355. The van der Waals surface area contributed by atoms with E-state index in [9.17, 15) is 14.0 Å². The summed E-state index contributed by atoms with van der Waals surface area (Å²) < 4.78 is 13.1. The average molecular weight is 356 g/mol. The SMILES string of the molecule is Cc1ccc(CCC(=O)NCCNC(=O)Cc2cccc(F)c2)c(C)c1. The quantitative estimate of drug-likeness (QED) is 0.715. The zero-order valence-corrected chi connectivity index (χ0v) is 15.3. The number of carbonyl (C=O) groups is 2. The van der Waals surface area contributed by atoms with Gasteiger partial charge in [-0.2, -0.15) is 0 Å². The predicted octanol–water partition coefficient (Wildman–Crippen LogP) is 2.85. The van der Waals surface area contributed by atoms with E-state index < -0.39 is 0 Å². The maximum Gasteiger partial charge on any atom is 0.224 e. The van der Waals surface area contributed by atoms with Crippen molar-refractivity contribution >= 4 is 11.8 Å². The standard InChI is InChI=1S/C21H25FN2O2/c1-15-6-7-18(16(2)12-15)8-9-20(25)23-10-11-24-21(26)14-17-4-3-5-19(22)13-17/h3-7,12-13H,8-11,14H2,1-2H3,(H,23,25)(H,24,26). The smallest absolute Gasteiger partial charge is 0.224 e. The lowest BCUT2D eigenvalue weighted by molar-refractivity contribution is -0.122. The van der Waals surface area contributed by atoms with E-state index in [1.54, 1.807) is 12.1 Å². The van der Waals surface area contributed by atoms with Gasteiger partial charge in [-0.1, -0.05) is 35.9 Å². The third-order valence-electron chi connectivity index (χ3n) is 4.14. The minimum Gasteiger partial charge on any atom is -0.354 e. The number of hydrogen-bond acceptors (Lipinski definition) is 2. The normalized spacial score (nSPS) is 10.4. The lowest BCUT2D eigenvalue weighted by Gasteiger charge is -2.09. The number of rotatable bonds is 8. The summed E-state index contributed by atoms with van der Waals surface area (Å²) in [5.74, 6) is -0.587. The highest BCUT2D eigenvalue weighted by Crippen LogP contribution is 2.12. The van der Waals surface area contributed by atoms with Gasteiger partial charge in [-0.05, 0) is 49.1 Å². The highest BCUT2D eigenvalue weighted by Gasteiger charge is 2.06. The molecule has 5 heteroatoms. The van der Waals surface area contributed by atoms with Crippen LogP contribution in [-0.4, -0.2) is 24.9 Å². The van der Waals surface area contributed by atoms with Crippen LogP contribution in [0.2, 0.25) is 0 Å². The molecule has 4 nitrogen and oxygen atoms in total. The Labute approximate surface area is 153 Å². The van der Waals surface area contributed by atoms with E-state index in [0.29, 0.717) is 31.5 Å². The van der Waals surface area contributed by atoms with Gasteiger partial charge < -0.3 is 10.6 Å². The van der Waals surface area contributed by atoms with Crippen molar-refractivity contribution in [2.75, 3.05) is 13.1 Å². The predicted molar refractivity (Wildman–Crippen MR) is 100 cm³/mol. The lowest BCUT2D eigenvalue weighted by Crippen LogP contribution is -2.35. The van der Waals surface area contributed by atoms with Crippen molar-refractivity contribution in [1.29, 1.82) is 0 Å². The van der Waals surface area contributed by atoms with Gasteiger partial charge >= 0.3 is 0 Å². The molecule has 0 aliphatic rings. The molecular weight excluding hydrogens is 331 g/mol. The van der Waals surface area contributed by atoms with E-state index in [1.165, 1.54) is 28.8 Å². The molecular formula is C21H25FN2O2. The van der Waals surface area contributed by atoms with Gasteiger partial charge in [-0.3, -0.25) is 9.59 Å². The third-order valence-corrected chi connectivity index (χ3v) is 4.14. The topological polar surface area (TPSA) is 58.2 Å². The van der Waals surface area contributed by atoms with Gasteiger partial charge in [0.1, 0.15) is 5.82 Å². The van der Waals surface area contributed by atoms with Gasteiger partial charge in [-0.25, -0.2) is 4.39 Å². The summed E-state index contributed by atoms with van der Waals surface area (Å²) in [6.45, 7) is 4.82. The first-order valence-electron chi connectivity index (χ1n) is 8.78. The van der Waals surface area contributed by atoms with Crippen molar-refractivity contribution < 1.29 is 14.0 Å². The molecule has 26 heavy (non-hydrogen) atoms. The number of benzene rings is 2. The molecule has 0 saturated carbocycles. The van der Waals surface area contributed by atoms with E-state index >= 15 is 0 Å². The van der Waals surface area contributed by atoms with E-state index in [2.05, 4.69) is 22.8 Å². The summed E-state index contributed by atoms with van der Waals surface area (Å²) in [5.41, 5.74) is 4.21. The summed E-state index contributed by atoms with van der Waals surface area (Å²) in [5, 5.41) is 5.52. The van der Waals surface area contributed by atoms with Crippen molar-refractivity contribution in [3.8, 4) is 0 Å². The fourth-order valence-corrected chi connectivity index (χ4v) is 2.76. The molecule has 2 rings (SSSR count). The molecule has 0 aliphatic heterocycles. The van der Waals surface area contributed by atoms with Crippen LogP contribution in [0.4, 0.5) is 4.39 Å². The number of aryl methyl sites for hydroxylation is 3. The number of hydrogen-bond donors (Lipinski definition) is 2. The Morgan fingerprint density at radius 3 is 2.38 bits per heavy atom. The highest BCUT2D eigenvalue weighted by molar-refractivity contribution is 5.79. The summed E-state index contributed by atoms with van der Waals surface area (Å²) in [6.07, 6.45) is 1.24. The van der Waals surface area contributed by atoms with Crippen LogP contribution in [0.15, 0.2) is 42.5 Å². The molecule has 0 bridgehead atoms. The lowest BCUT2D eigenvalue weighted by atomic mass is 10.0. The van der Waals surface area contributed by atoms with Crippen LogP contribution in [0, 0.1) is 19.7 Å². The zero-order valence-electron chi connectivity index (χ0n) is 15.3. The van der Waals surface area contributed by atoms with Gasteiger partial charge in [0.15, 0.2) is 0 Å². The van der Waals surface area contributed by atoms with Crippen molar-refractivity contribution in [1.82, 2.24) is 10.6 Å². The van der Waals surface area contributed by atoms with Crippen LogP contribution in [0.25, 0.3) is 0 Å². The monoisotopic (exact) mass is 356 g/mol. The van der Waals surface area contributed by atoms with Gasteiger partial charge in [0.05, 0.1) is 6.42 Å². The Bertz CT molecular complexity index is 774. The molecule has 0 saturated heterocycles. The second kappa shape index (κ2) is 9.70. The summed E-state index contributed by atoms with van der Waals surface area (Å²) in [4.78, 5) is 23.7. The van der Waals surface area contributed by atoms with Crippen LogP contribution in [0.5, 0.6) is 0 Å². The number of halogens is 1. The zero-order chi connectivity index (χ0) is 18.9. The molecule has 0 unspecified atom stereocenters. The molecule has 0 aliphatic carbocycles. The maximum absolute atomic E-state index is 13.1. The molecule has 0 radical (unpaired) electrons. The fraction of sp³-hybridized carbons (Fsp3) is 0.333. The molecule has 2 amide bonds. The van der Waals surface area contributed by atoms with Crippen LogP contribution in [-0.2, 0) is 22.4 Å². The molecule has 2 aromatic rings. The Morgan fingerprint density at radius 2 is 1.69 bits per heavy atom. The fourth-order valence-electron chi connectivity index (χ4n) is 2.76. The van der Waals surface area contributed by atoms with E-state index in [-0.39, 0.29) is 24.1 Å². The molecule has 0 aromatic heterocycles. The largest absolute Gasteiger partial charge is 0.354 e. The summed E-state index contributed by atoms with van der Waals surface area (Å²) >= 11 is 0. The van der Waals surface area contributed by atoms with E-state index in [0.717, 1.165) is 0 Å². The minimum absolute atomic E-state index is 0.0376. The Kier molecular flexibility index (Phi) is 7.33. The van der Waals surface area contributed by atoms with Crippen molar-refractivity contribution in [3.63, 3.8) is 0 Å². The van der Waals surface area contributed by atoms with E-state index in [4.69, 9.17) is 0 Å². The third kappa shape index (κ3) is 6.67. The van der Waals surface area contributed by atoms with Crippen molar-refractivity contribution in [2.24, 2.45) is 0 Å².